The molecule has 1 heterocycles. The highest BCUT2D eigenvalue weighted by molar-refractivity contribution is 7.89. The molecule has 1 saturated heterocycles. The van der Waals surface area contributed by atoms with Crippen molar-refractivity contribution in [1.29, 1.82) is 0 Å². The van der Waals surface area contributed by atoms with Gasteiger partial charge in [0.25, 0.3) is 0 Å². The normalized spacial score (nSPS) is 15.2. The van der Waals surface area contributed by atoms with Gasteiger partial charge in [0, 0.05) is 26.2 Å². The standard InChI is InChI=1S/C23H30ClN3O6S2/c1-3-26(35(31,32)20-11-12-22(33-2)21(24)15-20)17-23(28)25-16-18-7-9-19(10-8-18)34(29,30)27-13-5-4-6-14-27/h7-12,15H,3-6,13-14,16-17H2,1-2H3,(H,25,28). The third-order valence-corrected chi connectivity index (χ3v) is 9.92. The van der Waals surface area contributed by atoms with Gasteiger partial charge in [0.05, 0.1) is 28.5 Å². The van der Waals surface area contributed by atoms with Gasteiger partial charge in [-0.3, -0.25) is 4.79 Å². The summed E-state index contributed by atoms with van der Waals surface area (Å²) < 4.78 is 59.1. The topological polar surface area (TPSA) is 113 Å². The fourth-order valence-electron chi connectivity index (χ4n) is 3.77. The molecule has 0 aromatic heterocycles. The van der Waals surface area contributed by atoms with E-state index in [2.05, 4.69) is 5.32 Å². The zero-order valence-electron chi connectivity index (χ0n) is 19.7. The molecule has 1 fully saturated rings. The summed E-state index contributed by atoms with van der Waals surface area (Å²) in [5.74, 6) is -0.138. The lowest BCUT2D eigenvalue weighted by molar-refractivity contribution is -0.121. The second kappa shape index (κ2) is 11.7. The van der Waals surface area contributed by atoms with Crippen LogP contribution in [0.1, 0.15) is 31.7 Å². The number of piperidine rings is 1. The van der Waals surface area contributed by atoms with Crippen LogP contribution in [-0.4, -0.2) is 64.6 Å². The van der Waals surface area contributed by atoms with E-state index < -0.39 is 26.0 Å². The Bertz CT molecular complexity index is 1240. The summed E-state index contributed by atoms with van der Waals surface area (Å²) in [6, 6.07) is 10.5. The first kappa shape index (κ1) is 27.4. The van der Waals surface area contributed by atoms with Crippen molar-refractivity contribution in [2.45, 2.75) is 42.5 Å². The Morgan fingerprint density at radius 2 is 1.66 bits per heavy atom. The van der Waals surface area contributed by atoms with Crippen LogP contribution < -0.4 is 10.1 Å². The number of ether oxygens (including phenoxy) is 1. The maximum absolute atomic E-state index is 13.0. The molecule has 0 spiro atoms. The first-order valence-corrected chi connectivity index (χ1v) is 14.5. The first-order valence-electron chi connectivity index (χ1n) is 11.3. The van der Waals surface area contributed by atoms with E-state index in [0.29, 0.717) is 24.4 Å². The number of sulfonamides is 2. The van der Waals surface area contributed by atoms with Gasteiger partial charge >= 0.3 is 0 Å². The molecule has 2 aromatic rings. The number of nitrogens with zero attached hydrogens (tertiary/aromatic N) is 2. The van der Waals surface area contributed by atoms with Crippen molar-refractivity contribution < 1.29 is 26.4 Å². The van der Waals surface area contributed by atoms with E-state index in [1.54, 1.807) is 19.1 Å². The maximum Gasteiger partial charge on any atom is 0.243 e. The van der Waals surface area contributed by atoms with E-state index in [-0.39, 0.29) is 34.4 Å². The Balaban J connectivity index is 1.61. The van der Waals surface area contributed by atoms with E-state index in [1.165, 1.54) is 41.7 Å². The fourth-order valence-corrected chi connectivity index (χ4v) is 7.05. The van der Waals surface area contributed by atoms with Gasteiger partial charge in [-0.25, -0.2) is 16.8 Å². The van der Waals surface area contributed by atoms with Gasteiger partial charge in [0.1, 0.15) is 5.75 Å². The Morgan fingerprint density at radius 1 is 1.03 bits per heavy atom. The quantitative estimate of drug-likeness (QED) is 0.493. The van der Waals surface area contributed by atoms with Gasteiger partial charge in [-0.15, -0.1) is 0 Å². The highest BCUT2D eigenvalue weighted by Crippen LogP contribution is 2.28. The predicted octanol–water partition coefficient (Wildman–Crippen LogP) is 2.85. The third-order valence-electron chi connectivity index (χ3n) is 5.80. The number of halogens is 1. The molecule has 1 amide bonds. The number of carbonyl (C=O) groups excluding carboxylic acids is 1. The summed E-state index contributed by atoms with van der Waals surface area (Å²) in [5.41, 5.74) is 0.698. The van der Waals surface area contributed by atoms with Crippen LogP contribution in [0, 0.1) is 0 Å². The predicted molar refractivity (Wildman–Crippen MR) is 133 cm³/mol. The van der Waals surface area contributed by atoms with Crippen molar-refractivity contribution >= 4 is 37.6 Å². The molecule has 0 radical (unpaired) electrons. The number of benzene rings is 2. The minimum absolute atomic E-state index is 0.0385. The van der Waals surface area contributed by atoms with Gasteiger partial charge in [-0.2, -0.15) is 8.61 Å². The third kappa shape index (κ3) is 6.53. The van der Waals surface area contributed by atoms with Crippen LogP contribution in [0.5, 0.6) is 5.75 Å². The highest BCUT2D eigenvalue weighted by atomic mass is 35.5. The summed E-state index contributed by atoms with van der Waals surface area (Å²) in [7, 11) is -6.04. The average Bonchev–Trinajstić information content (AvgIpc) is 2.86. The number of hydrogen-bond donors (Lipinski definition) is 1. The molecule has 1 N–H and O–H groups in total. The average molecular weight is 544 g/mol. The van der Waals surface area contributed by atoms with Crippen LogP contribution in [0.4, 0.5) is 0 Å². The van der Waals surface area contributed by atoms with Crippen molar-refractivity contribution in [1.82, 2.24) is 13.9 Å². The number of likely N-dealkylation sites (N-methyl/N-ethyl adjacent to an activating group) is 1. The number of hydrogen-bond acceptors (Lipinski definition) is 6. The zero-order chi connectivity index (χ0) is 25.6. The summed E-state index contributed by atoms with van der Waals surface area (Å²) in [6.07, 6.45) is 2.76. The van der Waals surface area contributed by atoms with Crippen molar-refractivity contribution in [3.05, 3.63) is 53.1 Å². The maximum atomic E-state index is 13.0. The molecule has 35 heavy (non-hydrogen) atoms. The molecule has 192 valence electrons. The van der Waals surface area contributed by atoms with E-state index in [9.17, 15) is 21.6 Å². The molecule has 3 rings (SSSR count). The molecule has 1 aliphatic rings. The molecule has 2 aromatic carbocycles. The molecule has 0 aliphatic carbocycles. The fraction of sp³-hybridized carbons (Fsp3) is 0.435. The molecular formula is C23H30ClN3O6S2. The first-order chi connectivity index (χ1) is 16.6. The Hall–Kier alpha value is -2.18. The SMILES string of the molecule is CCN(CC(=O)NCc1ccc(S(=O)(=O)N2CCCCC2)cc1)S(=O)(=O)c1ccc(OC)c(Cl)c1. The molecule has 1 aliphatic heterocycles. The molecular weight excluding hydrogens is 514 g/mol. The van der Waals surface area contributed by atoms with Crippen molar-refractivity contribution in [3.8, 4) is 5.75 Å². The summed E-state index contributed by atoms with van der Waals surface area (Å²) in [5, 5.41) is 2.84. The Labute approximate surface area is 212 Å². The van der Waals surface area contributed by atoms with Gasteiger partial charge in [0.2, 0.25) is 26.0 Å². The van der Waals surface area contributed by atoms with Gasteiger partial charge < -0.3 is 10.1 Å². The van der Waals surface area contributed by atoms with Crippen LogP contribution in [0.15, 0.2) is 52.3 Å². The van der Waals surface area contributed by atoms with E-state index in [4.69, 9.17) is 16.3 Å². The number of amides is 1. The molecule has 0 unspecified atom stereocenters. The largest absolute Gasteiger partial charge is 0.495 e. The minimum Gasteiger partial charge on any atom is -0.495 e. The van der Waals surface area contributed by atoms with Crippen molar-refractivity contribution in [3.63, 3.8) is 0 Å². The molecule has 0 atom stereocenters. The smallest absolute Gasteiger partial charge is 0.243 e. The van der Waals surface area contributed by atoms with Crippen LogP contribution in [0.3, 0.4) is 0 Å². The van der Waals surface area contributed by atoms with Crippen molar-refractivity contribution in [2.75, 3.05) is 33.3 Å². The van der Waals surface area contributed by atoms with Crippen molar-refractivity contribution in [2.24, 2.45) is 0 Å². The van der Waals surface area contributed by atoms with Crippen LogP contribution in [-0.2, 0) is 31.4 Å². The Kier molecular flexibility index (Phi) is 9.16. The number of carbonyl (C=O) groups is 1. The lowest BCUT2D eigenvalue weighted by Gasteiger charge is -2.25. The molecule has 0 saturated carbocycles. The van der Waals surface area contributed by atoms with E-state index in [1.807, 2.05) is 0 Å². The van der Waals surface area contributed by atoms with E-state index in [0.717, 1.165) is 23.6 Å². The second-order valence-corrected chi connectivity index (χ2v) is 12.4. The number of rotatable bonds is 10. The highest BCUT2D eigenvalue weighted by Gasteiger charge is 2.27. The molecule has 12 heteroatoms. The zero-order valence-corrected chi connectivity index (χ0v) is 22.1. The van der Waals surface area contributed by atoms with E-state index >= 15 is 0 Å². The van der Waals surface area contributed by atoms with Gasteiger partial charge in [0.15, 0.2) is 0 Å². The van der Waals surface area contributed by atoms with Crippen LogP contribution in [0.2, 0.25) is 5.02 Å². The minimum atomic E-state index is -3.95. The summed E-state index contributed by atoms with van der Waals surface area (Å²) >= 11 is 6.06. The lowest BCUT2D eigenvalue weighted by atomic mass is 10.2. The number of methoxy groups -OCH3 is 1. The lowest BCUT2D eigenvalue weighted by Crippen LogP contribution is -2.40. The molecule has 9 nitrogen and oxygen atoms in total. The summed E-state index contributed by atoms with van der Waals surface area (Å²) in [4.78, 5) is 12.7. The Morgan fingerprint density at radius 3 is 2.23 bits per heavy atom. The van der Waals surface area contributed by atoms with Gasteiger partial charge in [-0.05, 0) is 48.7 Å². The van der Waals surface area contributed by atoms with Crippen LogP contribution >= 0.6 is 11.6 Å². The summed E-state index contributed by atoms with van der Waals surface area (Å²) in [6.45, 7) is 2.54. The van der Waals surface area contributed by atoms with Gasteiger partial charge in [-0.1, -0.05) is 37.1 Å². The monoisotopic (exact) mass is 543 g/mol. The number of nitrogens with one attached hydrogen (secondary N) is 1. The van der Waals surface area contributed by atoms with Crippen LogP contribution in [0.25, 0.3) is 0 Å². The molecule has 0 bridgehead atoms. The second-order valence-electron chi connectivity index (χ2n) is 8.11.